The van der Waals surface area contributed by atoms with Gasteiger partial charge >= 0.3 is 0 Å². The van der Waals surface area contributed by atoms with Gasteiger partial charge in [-0.25, -0.2) is 0 Å². The lowest BCUT2D eigenvalue weighted by molar-refractivity contribution is 0.122. The van der Waals surface area contributed by atoms with E-state index in [0.717, 1.165) is 32.0 Å². The molecule has 0 aliphatic carbocycles. The van der Waals surface area contributed by atoms with Crippen molar-refractivity contribution in [3.05, 3.63) is 29.8 Å². The van der Waals surface area contributed by atoms with Crippen LogP contribution in [0.25, 0.3) is 0 Å². The quantitative estimate of drug-likeness (QED) is 0.696. The summed E-state index contributed by atoms with van der Waals surface area (Å²) in [5.41, 5.74) is 1.74. The Morgan fingerprint density at radius 3 is 2.36 bits per heavy atom. The molecule has 1 fully saturated rings. The molecule has 1 heterocycles. The Kier molecular flexibility index (Phi) is 2.79. The largest absolute Gasteiger partial charge is 0.378 e. The van der Waals surface area contributed by atoms with Crippen LogP contribution in [0.15, 0.2) is 24.3 Å². The summed E-state index contributed by atoms with van der Waals surface area (Å²) in [5.74, 6) is 0. The third-order valence-corrected chi connectivity index (χ3v) is 2.36. The first-order valence-electron chi connectivity index (χ1n) is 4.71. The van der Waals surface area contributed by atoms with Crippen molar-refractivity contribution in [3.8, 4) is 0 Å². The van der Waals surface area contributed by atoms with Crippen molar-refractivity contribution in [2.75, 3.05) is 31.2 Å². The summed E-state index contributed by atoms with van der Waals surface area (Å²) in [6.45, 7) is 3.40. The highest BCUT2D eigenvalue weighted by atomic mass is 16.5. The van der Waals surface area contributed by atoms with Gasteiger partial charge in [0.25, 0.3) is 0 Å². The molecule has 0 bridgehead atoms. The number of anilines is 1. The summed E-state index contributed by atoms with van der Waals surface area (Å²) < 4.78 is 5.26. The topological polar surface area (TPSA) is 29.5 Å². The van der Waals surface area contributed by atoms with Crippen LogP contribution in [-0.4, -0.2) is 32.6 Å². The van der Waals surface area contributed by atoms with Crippen molar-refractivity contribution in [2.45, 2.75) is 0 Å². The molecule has 2 rings (SSSR count). The van der Waals surface area contributed by atoms with Crippen molar-refractivity contribution in [2.24, 2.45) is 0 Å². The van der Waals surface area contributed by atoms with E-state index in [1.54, 1.807) is 12.1 Å². The average Bonchev–Trinajstić information content (AvgIpc) is 2.30. The molecule has 1 saturated heterocycles. The fourth-order valence-electron chi connectivity index (χ4n) is 1.56. The van der Waals surface area contributed by atoms with Crippen LogP contribution < -0.4 is 4.90 Å². The fourth-order valence-corrected chi connectivity index (χ4v) is 1.56. The lowest BCUT2D eigenvalue weighted by Crippen LogP contribution is -2.36. The molecule has 0 atom stereocenters. The van der Waals surface area contributed by atoms with Crippen LogP contribution in [0.2, 0.25) is 0 Å². The third kappa shape index (κ3) is 1.93. The van der Waals surface area contributed by atoms with E-state index in [-0.39, 0.29) is 0 Å². The number of morpholine rings is 1. The van der Waals surface area contributed by atoms with Gasteiger partial charge in [0.2, 0.25) is 6.29 Å². The number of rotatable bonds is 2. The molecule has 1 aliphatic rings. The summed E-state index contributed by atoms with van der Waals surface area (Å²) in [5, 5.41) is 0. The van der Waals surface area contributed by atoms with E-state index >= 15 is 0 Å². The van der Waals surface area contributed by atoms with Crippen LogP contribution in [0.4, 0.5) is 5.69 Å². The van der Waals surface area contributed by atoms with E-state index in [9.17, 15) is 4.79 Å². The van der Waals surface area contributed by atoms with Crippen LogP contribution in [0.3, 0.4) is 0 Å². The molecular formula is C11H12NO2. The first-order chi connectivity index (χ1) is 6.90. The standard InChI is InChI=1S/C11H12NO2/c13-9-10-1-3-11(4-2-10)12-5-7-14-8-6-12/h1-4H,5-8H2. The van der Waals surface area contributed by atoms with Crippen LogP contribution in [0.1, 0.15) is 5.56 Å². The zero-order valence-electron chi connectivity index (χ0n) is 7.90. The first-order valence-corrected chi connectivity index (χ1v) is 4.71. The molecule has 3 nitrogen and oxygen atoms in total. The maximum absolute atomic E-state index is 10.3. The minimum absolute atomic E-state index is 0.599. The van der Waals surface area contributed by atoms with E-state index < -0.39 is 0 Å². The lowest BCUT2D eigenvalue weighted by Gasteiger charge is -2.28. The minimum atomic E-state index is 0.599. The molecule has 14 heavy (non-hydrogen) atoms. The van der Waals surface area contributed by atoms with E-state index in [2.05, 4.69) is 4.90 Å². The molecule has 1 radical (unpaired) electrons. The first kappa shape index (κ1) is 9.21. The van der Waals surface area contributed by atoms with E-state index in [1.807, 2.05) is 18.4 Å². The number of hydrogen-bond acceptors (Lipinski definition) is 3. The van der Waals surface area contributed by atoms with Gasteiger partial charge in [-0.2, -0.15) is 0 Å². The molecule has 0 spiro atoms. The SMILES string of the molecule is O=[C]c1ccc(N2CCOCC2)cc1. The van der Waals surface area contributed by atoms with Gasteiger partial charge in [-0.15, -0.1) is 0 Å². The number of carbonyl (C=O) groups excluding carboxylic acids is 1. The highest BCUT2D eigenvalue weighted by molar-refractivity contribution is 5.76. The Labute approximate surface area is 83.3 Å². The number of benzene rings is 1. The number of nitrogens with zero attached hydrogens (tertiary/aromatic N) is 1. The molecule has 1 aromatic rings. The second-order valence-corrected chi connectivity index (χ2v) is 3.25. The highest BCUT2D eigenvalue weighted by Gasteiger charge is 2.10. The van der Waals surface area contributed by atoms with Gasteiger partial charge in [-0.3, -0.25) is 4.79 Å². The smallest absolute Gasteiger partial charge is 0.233 e. The molecule has 0 amide bonds. The van der Waals surface area contributed by atoms with Crippen LogP contribution in [0.5, 0.6) is 0 Å². The molecule has 1 aromatic carbocycles. The van der Waals surface area contributed by atoms with Crippen molar-refractivity contribution < 1.29 is 9.53 Å². The van der Waals surface area contributed by atoms with Crippen molar-refractivity contribution >= 4 is 12.0 Å². The molecule has 0 aromatic heterocycles. The molecule has 1 aliphatic heterocycles. The van der Waals surface area contributed by atoms with Crippen molar-refractivity contribution in [3.63, 3.8) is 0 Å². The molecule has 3 heteroatoms. The molecular weight excluding hydrogens is 178 g/mol. The third-order valence-electron chi connectivity index (χ3n) is 2.36. The summed E-state index contributed by atoms with van der Waals surface area (Å²) in [7, 11) is 0. The zero-order valence-corrected chi connectivity index (χ0v) is 7.90. The molecule has 0 saturated carbocycles. The van der Waals surface area contributed by atoms with Gasteiger partial charge in [0.1, 0.15) is 0 Å². The second kappa shape index (κ2) is 4.24. The Balaban J connectivity index is 2.11. The van der Waals surface area contributed by atoms with E-state index in [0.29, 0.717) is 5.56 Å². The van der Waals surface area contributed by atoms with E-state index in [4.69, 9.17) is 4.74 Å². The second-order valence-electron chi connectivity index (χ2n) is 3.25. The maximum Gasteiger partial charge on any atom is 0.233 e. The summed E-state index contributed by atoms with van der Waals surface area (Å²) in [6.07, 6.45) is 1.86. The summed E-state index contributed by atoms with van der Waals surface area (Å²) >= 11 is 0. The Bertz CT molecular complexity index is 302. The Morgan fingerprint density at radius 1 is 1.14 bits per heavy atom. The zero-order chi connectivity index (χ0) is 9.80. The van der Waals surface area contributed by atoms with Gasteiger partial charge in [0.15, 0.2) is 0 Å². The monoisotopic (exact) mass is 190 g/mol. The fraction of sp³-hybridized carbons (Fsp3) is 0.364. The lowest BCUT2D eigenvalue weighted by atomic mass is 10.2. The van der Waals surface area contributed by atoms with Gasteiger partial charge in [0.05, 0.1) is 13.2 Å². The predicted octanol–water partition coefficient (Wildman–Crippen LogP) is 0.981. The summed E-state index contributed by atoms with van der Waals surface area (Å²) in [4.78, 5) is 12.6. The molecule has 0 unspecified atom stereocenters. The van der Waals surface area contributed by atoms with Crippen LogP contribution >= 0.6 is 0 Å². The number of hydrogen-bond donors (Lipinski definition) is 0. The highest BCUT2D eigenvalue weighted by Crippen LogP contribution is 2.15. The van der Waals surface area contributed by atoms with Crippen LogP contribution in [0, 0.1) is 0 Å². The predicted molar refractivity (Wildman–Crippen MR) is 54.3 cm³/mol. The maximum atomic E-state index is 10.3. The van der Waals surface area contributed by atoms with Crippen LogP contribution in [-0.2, 0) is 9.53 Å². The average molecular weight is 190 g/mol. The minimum Gasteiger partial charge on any atom is -0.378 e. The van der Waals surface area contributed by atoms with Crippen molar-refractivity contribution in [1.82, 2.24) is 0 Å². The van der Waals surface area contributed by atoms with Gasteiger partial charge in [-0.1, -0.05) is 0 Å². The normalized spacial score (nSPS) is 16.7. The van der Waals surface area contributed by atoms with Gasteiger partial charge in [0, 0.05) is 24.3 Å². The van der Waals surface area contributed by atoms with Gasteiger partial charge < -0.3 is 9.64 Å². The van der Waals surface area contributed by atoms with Crippen molar-refractivity contribution in [1.29, 1.82) is 0 Å². The Morgan fingerprint density at radius 2 is 1.79 bits per heavy atom. The number of ether oxygens (including phenoxy) is 1. The Hall–Kier alpha value is -1.35. The van der Waals surface area contributed by atoms with E-state index in [1.165, 1.54) is 0 Å². The summed E-state index contributed by atoms with van der Waals surface area (Å²) in [6, 6.07) is 7.48. The molecule has 73 valence electrons. The van der Waals surface area contributed by atoms with Gasteiger partial charge in [-0.05, 0) is 24.3 Å². The molecule has 0 N–H and O–H groups in total.